The predicted molar refractivity (Wildman–Crippen MR) is 99.5 cm³/mol. The van der Waals surface area contributed by atoms with E-state index in [9.17, 15) is 5.26 Å². The summed E-state index contributed by atoms with van der Waals surface area (Å²) in [5.74, 6) is 0.384. The number of nitrogens with two attached hydrogens (primary N) is 1. The Morgan fingerprint density at radius 2 is 1.68 bits per heavy atom. The standard InChI is InChI=1S/C21H14N4/c22-12-17-8-4-7-15-11-16(9-10-18(15)17)20-21(25-19(23)13-24-20)14-5-2-1-3-6-14/h1-11,13H,(H2,23,25). The van der Waals surface area contributed by atoms with Crippen LogP contribution in [0.3, 0.4) is 0 Å². The van der Waals surface area contributed by atoms with Gasteiger partial charge in [-0.2, -0.15) is 5.26 Å². The average molecular weight is 322 g/mol. The third-order valence-electron chi connectivity index (χ3n) is 4.11. The number of hydrogen-bond acceptors (Lipinski definition) is 4. The fourth-order valence-corrected chi connectivity index (χ4v) is 2.94. The van der Waals surface area contributed by atoms with Crippen LogP contribution in [-0.2, 0) is 0 Å². The van der Waals surface area contributed by atoms with E-state index < -0.39 is 0 Å². The molecule has 4 aromatic rings. The number of benzene rings is 3. The zero-order chi connectivity index (χ0) is 17.2. The summed E-state index contributed by atoms with van der Waals surface area (Å²) in [5, 5.41) is 11.2. The van der Waals surface area contributed by atoms with Gasteiger partial charge in [-0.1, -0.05) is 54.6 Å². The normalized spacial score (nSPS) is 10.5. The number of hydrogen-bond donors (Lipinski definition) is 1. The van der Waals surface area contributed by atoms with Crippen molar-refractivity contribution in [1.82, 2.24) is 9.97 Å². The van der Waals surface area contributed by atoms with Crippen molar-refractivity contribution in [2.24, 2.45) is 0 Å². The first kappa shape index (κ1) is 14.9. The second kappa shape index (κ2) is 6.06. The SMILES string of the molecule is N#Cc1cccc2cc(-c3ncc(N)nc3-c3ccccc3)ccc12. The number of nitriles is 1. The lowest BCUT2D eigenvalue weighted by atomic mass is 9.99. The molecule has 25 heavy (non-hydrogen) atoms. The van der Waals surface area contributed by atoms with Gasteiger partial charge in [0, 0.05) is 11.1 Å². The third kappa shape index (κ3) is 2.68. The Morgan fingerprint density at radius 3 is 2.48 bits per heavy atom. The Bertz CT molecular complexity index is 1110. The smallest absolute Gasteiger partial charge is 0.142 e. The minimum atomic E-state index is 0.384. The second-order valence-corrected chi connectivity index (χ2v) is 5.71. The number of nitrogen functional groups attached to an aromatic ring is 1. The highest BCUT2D eigenvalue weighted by molar-refractivity contribution is 5.92. The van der Waals surface area contributed by atoms with E-state index in [0.29, 0.717) is 11.4 Å². The van der Waals surface area contributed by atoms with Crippen LogP contribution in [0.1, 0.15) is 5.56 Å². The number of nitrogens with zero attached hydrogens (tertiary/aromatic N) is 3. The maximum absolute atomic E-state index is 9.26. The molecule has 0 aliphatic heterocycles. The summed E-state index contributed by atoms with van der Waals surface area (Å²) in [7, 11) is 0. The molecule has 0 spiro atoms. The molecule has 1 aromatic heterocycles. The van der Waals surface area contributed by atoms with E-state index in [1.165, 1.54) is 0 Å². The highest BCUT2D eigenvalue weighted by Gasteiger charge is 2.12. The summed E-state index contributed by atoms with van der Waals surface area (Å²) in [4.78, 5) is 9.02. The molecule has 0 radical (unpaired) electrons. The first-order chi connectivity index (χ1) is 12.3. The van der Waals surface area contributed by atoms with Crippen LogP contribution in [0.4, 0.5) is 5.82 Å². The van der Waals surface area contributed by atoms with Gasteiger partial charge < -0.3 is 5.73 Å². The van der Waals surface area contributed by atoms with E-state index in [-0.39, 0.29) is 0 Å². The van der Waals surface area contributed by atoms with Crippen LogP contribution in [0.15, 0.2) is 72.9 Å². The molecule has 118 valence electrons. The molecule has 0 amide bonds. The van der Waals surface area contributed by atoms with Crippen molar-refractivity contribution >= 4 is 16.6 Å². The van der Waals surface area contributed by atoms with Crippen LogP contribution in [0.2, 0.25) is 0 Å². The molecule has 0 bridgehead atoms. The van der Waals surface area contributed by atoms with Crippen LogP contribution >= 0.6 is 0 Å². The lowest BCUT2D eigenvalue weighted by molar-refractivity contribution is 1.22. The first-order valence-corrected chi connectivity index (χ1v) is 7.87. The van der Waals surface area contributed by atoms with E-state index in [0.717, 1.165) is 33.3 Å². The summed E-state index contributed by atoms with van der Waals surface area (Å²) in [5.41, 5.74) is 9.94. The molecule has 1 heterocycles. The van der Waals surface area contributed by atoms with E-state index in [1.807, 2.05) is 66.7 Å². The van der Waals surface area contributed by atoms with Gasteiger partial charge in [0.15, 0.2) is 0 Å². The fraction of sp³-hybridized carbons (Fsp3) is 0. The zero-order valence-corrected chi connectivity index (χ0v) is 13.3. The summed E-state index contributed by atoms with van der Waals surface area (Å²) in [6.07, 6.45) is 1.57. The number of fused-ring (bicyclic) bond motifs is 1. The van der Waals surface area contributed by atoms with E-state index in [2.05, 4.69) is 16.0 Å². The van der Waals surface area contributed by atoms with Crippen molar-refractivity contribution < 1.29 is 0 Å². The Labute approximate surface area is 145 Å². The molecule has 0 saturated heterocycles. The number of aromatic nitrogens is 2. The molecular weight excluding hydrogens is 308 g/mol. The Hall–Kier alpha value is -3.71. The van der Waals surface area contributed by atoms with Crippen molar-refractivity contribution in [2.45, 2.75) is 0 Å². The van der Waals surface area contributed by atoms with Crippen LogP contribution in [0.5, 0.6) is 0 Å². The maximum atomic E-state index is 9.26. The van der Waals surface area contributed by atoms with Crippen molar-refractivity contribution in [2.75, 3.05) is 5.73 Å². The molecule has 0 atom stereocenters. The van der Waals surface area contributed by atoms with E-state index in [1.54, 1.807) is 6.20 Å². The molecule has 0 unspecified atom stereocenters. The Balaban J connectivity index is 1.94. The summed E-state index contributed by atoms with van der Waals surface area (Å²) < 4.78 is 0. The van der Waals surface area contributed by atoms with Gasteiger partial charge in [-0.25, -0.2) is 4.98 Å². The lowest BCUT2D eigenvalue weighted by Gasteiger charge is -2.10. The highest BCUT2D eigenvalue weighted by Crippen LogP contribution is 2.31. The molecule has 0 aliphatic carbocycles. The topological polar surface area (TPSA) is 75.6 Å². The van der Waals surface area contributed by atoms with Gasteiger partial charge in [0.25, 0.3) is 0 Å². The van der Waals surface area contributed by atoms with Crippen LogP contribution < -0.4 is 5.73 Å². The van der Waals surface area contributed by atoms with Gasteiger partial charge in [0.05, 0.1) is 29.2 Å². The maximum Gasteiger partial charge on any atom is 0.142 e. The molecule has 2 N–H and O–H groups in total. The first-order valence-electron chi connectivity index (χ1n) is 7.87. The van der Waals surface area contributed by atoms with Crippen molar-refractivity contribution in [3.05, 3.63) is 78.5 Å². The van der Waals surface area contributed by atoms with E-state index >= 15 is 0 Å². The largest absolute Gasteiger partial charge is 0.382 e. The fourth-order valence-electron chi connectivity index (χ4n) is 2.94. The summed E-state index contributed by atoms with van der Waals surface area (Å²) in [6, 6.07) is 23.7. The molecule has 0 fully saturated rings. The van der Waals surface area contributed by atoms with Gasteiger partial charge in [-0.15, -0.1) is 0 Å². The quantitative estimate of drug-likeness (QED) is 0.593. The molecule has 4 rings (SSSR count). The van der Waals surface area contributed by atoms with Crippen molar-refractivity contribution in [3.63, 3.8) is 0 Å². The number of anilines is 1. The van der Waals surface area contributed by atoms with Gasteiger partial charge in [-0.3, -0.25) is 4.98 Å². The number of rotatable bonds is 2. The second-order valence-electron chi connectivity index (χ2n) is 5.71. The predicted octanol–water partition coefficient (Wildman–Crippen LogP) is 4.42. The minimum absolute atomic E-state index is 0.384. The van der Waals surface area contributed by atoms with Gasteiger partial charge >= 0.3 is 0 Å². The van der Waals surface area contributed by atoms with Gasteiger partial charge in [-0.05, 0) is 22.9 Å². The molecule has 0 saturated carbocycles. The summed E-state index contributed by atoms with van der Waals surface area (Å²) in [6.45, 7) is 0. The monoisotopic (exact) mass is 322 g/mol. The molecule has 4 nitrogen and oxygen atoms in total. The van der Waals surface area contributed by atoms with Gasteiger partial charge in [0.2, 0.25) is 0 Å². The van der Waals surface area contributed by atoms with Crippen LogP contribution in [-0.4, -0.2) is 9.97 Å². The van der Waals surface area contributed by atoms with Crippen LogP contribution in [0, 0.1) is 11.3 Å². The van der Waals surface area contributed by atoms with Crippen molar-refractivity contribution in [1.29, 1.82) is 5.26 Å². The average Bonchev–Trinajstić information content (AvgIpc) is 2.67. The zero-order valence-electron chi connectivity index (χ0n) is 13.3. The molecule has 3 aromatic carbocycles. The third-order valence-corrected chi connectivity index (χ3v) is 4.11. The van der Waals surface area contributed by atoms with E-state index in [4.69, 9.17) is 5.73 Å². The van der Waals surface area contributed by atoms with Crippen molar-refractivity contribution in [3.8, 4) is 28.6 Å². The molecule has 0 aliphatic rings. The highest BCUT2D eigenvalue weighted by atomic mass is 14.9. The van der Waals surface area contributed by atoms with Crippen LogP contribution in [0.25, 0.3) is 33.3 Å². The molecule has 4 heteroatoms. The Kier molecular flexibility index (Phi) is 3.60. The summed E-state index contributed by atoms with van der Waals surface area (Å²) >= 11 is 0. The minimum Gasteiger partial charge on any atom is -0.382 e. The lowest BCUT2D eigenvalue weighted by Crippen LogP contribution is -1.98. The molecular formula is C21H14N4. The van der Waals surface area contributed by atoms with Gasteiger partial charge in [0.1, 0.15) is 5.82 Å². The Morgan fingerprint density at radius 1 is 0.840 bits per heavy atom.